The normalized spacial score (nSPS) is 40.2. The first-order chi connectivity index (χ1) is 8.07. The van der Waals surface area contributed by atoms with E-state index >= 15 is 0 Å². The zero-order chi connectivity index (χ0) is 14.4. The van der Waals surface area contributed by atoms with Crippen LogP contribution in [0.4, 0.5) is 0 Å². The minimum absolute atomic E-state index is 0.439. The van der Waals surface area contributed by atoms with Gasteiger partial charge in [0.2, 0.25) is 0 Å². The molecular formula is C18H36. The summed E-state index contributed by atoms with van der Waals surface area (Å²) in [5.41, 5.74) is 1.50. The van der Waals surface area contributed by atoms with E-state index in [0.29, 0.717) is 16.2 Å². The van der Waals surface area contributed by atoms with Gasteiger partial charge in [0.05, 0.1) is 0 Å². The molecule has 0 amide bonds. The largest absolute Gasteiger partial charge is 0.0651 e. The van der Waals surface area contributed by atoms with Gasteiger partial charge in [0, 0.05) is 0 Å². The molecule has 0 aromatic heterocycles. The Morgan fingerprint density at radius 3 is 2.00 bits per heavy atom. The highest BCUT2D eigenvalue weighted by Crippen LogP contribution is 2.68. The minimum Gasteiger partial charge on any atom is -0.0651 e. The van der Waals surface area contributed by atoms with Gasteiger partial charge in [-0.15, -0.1) is 0 Å². The van der Waals surface area contributed by atoms with Crippen LogP contribution < -0.4 is 0 Å². The Labute approximate surface area is 116 Å². The summed E-state index contributed by atoms with van der Waals surface area (Å²) in [5, 5.41) is 0. The first kappa shape index (κ1) is 16.1. The van der Waals surface area contributed by atoms with E-state index in [9.17, 15) is 0 Å². The second kappa shape index (κ2) is 4.84. The Balaban J connectivity index is 3.05. The zero-order valence-corrected chi connectivity index (χ0v) is 14.4. The SMILES string of the molecule is CCC(C)C(C)(C)C(C)C1(C)C(C)CC1(C)CC. The molecule has 0 N–H and O–H groups in total. The van der Waals surface area contributed by atoms with Gasteiger partial charge >= 0.3 is 0 Å². The number of hydrogen-bond acceptors (Lipinski definition) is 0. The summed E-state index contributed by atoms with van der Waals surface area (Å²) in [5.74, 6) is 2.47. The van der Waals surface area contributed by atoms with Crippen LogP contribution in [0.3, 0.4) is 0 Å². The molecule has 0 aliphatic heterocycles. The van der Waals surface area contributed by atoms with Crippen molar-refractivity contribution in [2.45, 2.75) is 81.6 Å². The third-order valence-electron chi connectivity index (χ3n) is 7.76. The van der Waals surface area contributed by atoms with Gasteiger partial charge in [0.15, 0.2) is 0 Å². The molecule has 108 valence electrons. The summed E-state index contributed by atoms with van der Waals surface area (Å²) in [7, 11) is 0. The van der Waals surface area contributed by atoms with E-state index in [4.69, 9.17) is 0 Å². The third kappa shape index (κ3) is 1.95. The quantitative estimate of drug-likeness (QED) is 0.550. The lowest BCUT2D eigenvalue weighted by molar-refractivity contribution is -0.185. The molecule has 0 bridgehead atoms. The maximum atomic E-state index is 2.57. The van der Waals surface area contributed by atoms with Gasteiger partial charge in [0.25, 0.3) is 0 Å². The van der Waals surface area contributed by atoms with Crippen molar-refractivity contribution in [2.24, 2.45) is 34.0 Å². The van der Waals surface area contributed by atoms with E-state index in [2.05, 4.69) is 62.3 Å². The second-order valence-electron chi connectivity index (χ2n) is 8.15. The van der Waals surface area contributed by atoms with Gasteiger partial charge in [0.1, 0.15) is 0 Å². The van der Waals surface area contributed by atoms with Gasteiger partial charge in [-0.1, -0.05) is 75.2 Å². The smallest absolute Gasteiger partial charge is 0.0215 e. The molecule has 1 saturated carbocycles. The summed E-state index contributed by atoms with van der Waals surface area (Å²) in [4.78, 5) is 0. The van der Waals surface area contributed by atoms with Gasteiger partial charge in [-0.2, -0.15) is 0 Å². The zero-order valence-electron chi connectivity index (χ0n) is 14.4. The third-order valence-corrected chi connectivity index (χ3v) is 7.76. The van der Waals surface area contributed by atoms with Crippen molar-refractivity contribution >= 4 is 0 Å². The average Bonchev–Trinajstić information content (AvgIpc) is 2.35. The van der Waals surface area contributed by atoms with Gasteiger partial charge in [-0.25, -0.2) is 0 Å². The van der Waals surface area contributed by atoms with Crippen LogP contribution in [-0.4, -0.2) is 0 Å². The predicted octanol–water partition coefficient (Wildman–Crippen LogP) is 6.16. The van der Waals surface area contributed by atoms with Crippen LogP contribution in [0.25, 0.3) is 0 Å². The molecule has 0 saturated heterocycles. The molecule has 5 atom stereocenters. The lowest BCUT2D eigenvalue weighted by Crippen LogP contribution is -2.60. The lowest BCUT2D eigenvalue weighted by atomic mass is 9.38. The van der Waals surface area contributed by atoms with Crippen molar-refractivity contribution in [3.05, 3.63) is 0 Å². The van der Waals surface area contributed by atoms with Crippen LogP contribution >= 0.6 is 0 Å². The monoisotopic (exact) mass is 252 g/mol. The summed E-state index contributed by atoms with van der Waals surface area (Å²) in [6, 6.07) is 0. The molecule has 0 heterocycles. The molecule has 0 nitrogen and oxygen atoms in total. The predicted molar refractivity (Wildman–Crippen MR) is 82.7 cm³/mol. The molecule has 1 fully saturated rings. The van der Waals surface area contributed by atoms with E-state index in [0.717, 1.165) is 17.8 Å². The highest BCUT2D eigenvalue weighted by Gasteiger charge is 2.61. The fourth-order valence-electron chi connectivity index (χ4n) is 4.77. The van der Waals surface area contributed by atoms with Crippen LogP contribution in [0.1, 0.15) is 81.6 Å². The highest BCUT2D eigenvalue weighted by atomic mass is 14.7. The Morgan fingerprint density at radius 2 is 1.67 bits per heavy atom. The second-order valence-corrected chi connectivity index (χ2v) is 8.15. The molecule has 5 unspecified atom stereocenters. The maximum Gasteiger partial charge on any atom is -0.0215 e. The fourth-order valence-corrected chi connectivity index (χ4v) is 4.77. The highest BCUT2D eigenvalue weighted by molar-refractivity contribution is 5.10. The van der Waals surface area contributed by atoms with Crippen molar-refractivity contribution in [3.63, 3.8) is 0 Å². The number of rotatable bonds is 5. The Bertz CT molecular complexity index is 290. The molecule has 18 heavy (non-hydrogen) atoms. The van der Waals surface area contributed by atoms with Crippen LogP contribution in [-0.2, 0) is 0 Å². The van der Waals surface area contributed by atoms with E-state index in [1.54, 1.807) is 0 Å². The summed E-state index contributed by atoms with van der Waals surface area (Å²) < 4.78 is 0. The maximum absolute atomic E-state index is 2.57. The van der Waals surface area contributed by atoms with Crippen molar-refractivity contribution in [3.8, 4) is 0 Å². The summed E-state index contributed by atoms with van der Waals surface area (Å²) in [6.07, 6.45) is 4.04. The molecule has 0 heteroatoms. The van der Waals surface area contributed by atoms with Crippen LogP contribution in [0.15, 0.2) is 0 Å². The molecule has 0 radical (unpaired) electrons. The van der Waals surface area contributed by atoms with Crippen LogP contribution in [0.5, 0.6) is 0 Å². The van der Waals surface area contributed by atoms with Gasteiger partial charge in [-0.3, -0.25) is 0 Å². The Morgan fingerprint density at radius 1 is 1.17 bits per heavy atom. The molecule has 0 aromatic carbocycles. The van der Waals surface area contributed by atoms with Crippen molar-refractivity contribution in [1.29, 1.82) is 0 Å². The first-order valence-electron chi connectivity index (χ1n) is 8.07. The van der Waals surface area contributed by atoms with E-state index in [1.165, 1.54) is 19.3 Å². The minimum atomic E-state index is 0.439. The lowest BCUT2D eigenvalue weighted by Gasteiger charge is -2.67. The van der Waals surface area contributed by atoms with E-state index < -0.39 is 0 Å². The number of hydrogen-bond donors (Lipinski definition) is 0. The summed E-state index contributed by atoms with van der Waals surface area (Å²) in [6.45, 7) is 22.2. The molecule has 1 rings (SSSR count). The fraction of sp³-hybridized carbons (Fsp3) is 1.00. The van der Waals surface area contributed by atoms with E-state index in [1.807, 2.05) is 0 Å². The van der Waals surface area contributed by atoms with Crippen molar-refractivity contribution < 1.29 is 0 Å². The molecule has 0 spiro atoms. The van der Waals surface area contributed by atoms with Crippen molar-refractivity contribution in [1.82, 2.24) is 0 Å². The molecule has 1 aliphatic carbocycles. The first-order valence-corrected chi connectivity index (χ1v) is 8.07. The molecule has 1 aliphatic rings. The molecular weight excluding hydrogens is 216 g/mol. The van der Waals surface area contributed by atoms with Crippen LogP contribution in [0, 0.1) is 34.0 Å². The molecule has 0 aromatic rings. The van der Waals surface area contributed by atoms with Crippen molar-refractivity contribution in [2.75, 3.05) is 0 Å². The topological polar surface area (TPSA) is 0 Å². The average molecular weight is 252 g/mol. The Hall–Kier alpha value is 0. The van der Waals surface area contributed by atoms with Crippen LogP contribution in [0.2, 0.25) is 0 Å². The summed E-state index contributed by atoms with van der Waals surface area (Å²) >= 11 is 0. The standard InChI is InChI=1S/C18H36/c1-10-13(3)16(6,7)15(5)18(9)14(4)12-17(18,8)11-2/h13-15H,10-12H2,1-9H3. The van der Waals surface area contributed by atoms with E-state index in [-0.39, 0.29) is 0 Å². The van der Waals surface area contributed by atoms with Gasteiger partial charge in [-0.05, 0) is 40.4 Å². The van der Waals surface area contributed by atoms with Gasteiger partial charge < -0.3 is 0 Å². The Kier molecular flexibility index (Phi) is 4.31.